The molecule has 1 heterocycles. The van der Waals surface area contributed by atoms with E-state index in [0.29, 0.717) is 18.0 Å². The Hall–Kier alpha value is -1.15. The summed E-state index contributed by atoms with van der Waals surface area (Å²) in [5.41, 5.74) is 0.292. The van der Waals surface area contributed by atoms with E-state index in [1.165, 1.54) is 45.5 Å². The summed E-state index contributed by atoms with van der Waals surface area (Å²) in [5.74, 6) is 0.0386. The maximum Gasteiger partial charge on any atom is 0.251 e. The zero-order valence-corrected chi connectivity index (χ0v) is 17.2. The quantitative estimate of drug-likeness (QED) is 0.761. The van der Waals surface area contributed by atoms with Gasteiger partial charge in [-0.15, -0.1) is 0 Å². The van der Waals surface area contributed by atoms with Crippen molar-refractivity contribution in [2.45, 2.75) is 31.1 Å². The largest absolute Gasteiger partial charge is 0.352 e. The summed E-state index contributed by atoms with van der Waals surface area (Å²) in [7, 11) is -0.837. The monoisotopic (exact) mass is 401 g/mol. The molecule has 0 bridgehead atoms. The number of likely N-dealkylation sites (tertiary alicyclic amines) is 1. The van der Waals surface area contributed by atoms with E-state index in [1.54, 1.807) is 6.07 Å². The molecule has 1 aromatic carbocycles. The van der Waals surface area contributed by atoms with Crippen LogP contribution >= 0.6 is 11.6 Å². The summed E-state index contributed by atoms with van der Waals surface area (Å²) in [6, 6.07) is 4.33. The molecule has 0 saturated carbocycles. The van der Waals surface area contributed by atoms with Gasteiger partial charge in [0.1, 0.15) is 4.90 Å². The Morgan fingerprint density at radius 2 is 1.92 bits per heavy atom. The first-order valence-corrected chi connectivity index (χ1v) is 10.8. The number of hydrogen-bond donors (Lipinski definition) is 1. The summed E-state index contributed by atoms with van der Waals surface area (Å²) in [6.07, 6.45) is 3.79. The maximum atomic E-state index is 12.4. The average Bonchev–Trinajstić information content (AvgIpc) is 2.60. The smallest absolute Gasteiger partial charge is 0.251 e. The number of hydrogen-bond acceptors (Lipinski definition) is 4. The topological polar surface area (TPSA) is 69.7 Å². The molecular formula is C18H28ClN3O3S. The predicted molar refractivity (Wildman–Crippen MR) is 104 cm³/mol. The zero-order chi connectivity index (χ0) is 19.3. The molecule has 1 saturated heterocycles. The van der Waals surface area contributed by atoms with Crippen LogP contribution < -0.4 is 5.32 Å². The molecule has 26 heavy (non-hydrogen) atoms. The Morgan fingerprint density at radius 3 is 2.54 bits per heavy atom. The Morgan fingerprint density at radius 1 is 1.27 bits per heavy atom. The van der Waals surface area contributed by atoms with Crippen LogP contribution in [0.25, 0.3) is 0 Å². The molecular weight excluding hydrogens is 374 g/mol. The lowest BCUT2D eigenvalue weighted by Gasteiger charge is -2.29. The number of benzene rings is 1. The fourth-order valence-electron chi connectivity index (χ4n) is 3.06. The molecule has 0 unspecified atom stereocenters. The molecule has 1 aromatic rings. The second-order valence-corrected chi connectivity index (χ2v) is 9.64. The number of rotatable bonds is 7. The molecule has 0 aliphatic carbocycles. The van der Waals surface area contributed by atoms with Crippen LogP contribution in [0.5, 0.6) is 0 Å². The van der Waals surface area contributed by atoms with Crippen LogP contribution in [-0.4, -0.2) is 63.8 Å². The van der Waals surface area contributed by atoms with Gasteiger partial charge in [0.05, 0.1) is 5.02 Å². The first-order chi connectivity index (χ1) is 12.2. The van der Waals surface area contributed by atoms with E-state index < -0.39 is 10.0 Å². The van der Waals surface area contributed by atoms with Crippen LogP contribution in [0.4, 0.5) is 0 Å². The molecule has 1 amide bonds. The van der Waals surface area contributed by atoms with Crippen LogP contribution in [0.3, 0.4) is 0 Å². The number of nitrogens with zero attached hydrogens (tertiary/aromatic N) is 2. The number of halogens is 1. The third kappa shape index (κ3) is 5.42. The second-order valence-electron chi connectivity index (χ2n) is 7.11. The van der Waals surface area contributed by atoms with E-state index in [1.807, 2.05) is 0 Å². The van der Waals surface area contributed by atoms with Crippen LogP contribution in [0.2, 0.25) is 5.02 Å². The molecule has 1 aliphatic rings. The van der Waals surface area contributed by atoms with Crippen molar-refractivity contribution in [1.29, 1.82) is 0 Å². The van der Waals surface area contributed by atoms with Gasteiger partial charge in [-0.05, 0) is 50.0 Å². The van der Waals surface area contributed by atoms with Gasteiger partial charge >= 0.3 is 0 Å². The summed E-state index contributed by atoms with van der Waals surface area (Å²) in [6.45, 7) is 5.87. The SMILES string of the molecule is C[C@H](CNC(=O)c1ccc(Cl)c(S(=O)(=O)N(C)C)c1)CN1CCCCC1. The van der Waals surface area contributed by atoms with Crippen LogP contribution in [-0.2, 0) is 10.0 Å². The molecule has 146 valence electrons. The van der Waals surface area contributed by atoms with Crippen LogP contribution in [0, 0.1) is 5.92 Å². The van der Waals surface area contributed by atoms with Crippen LogP contribution in [0.15, 0.2) is 23.1 Å². The van der Waals surface area contributed by atoms with Crippen molar-refractivity contribution in [3.63, 3.8) is 0 Å². The first kappa shape index (κ1) is 21.2. The van der Waals surface area contributed by atoms with Gasteiger partial charge in [0, 0.05) is 32.7 Å². The maximum absolute atomic E-state index is 12.4. The lowest BCUT2D eigenvalue weighted by atomic mass is 10.1. The Kier molecular flexibility index (Phi) is 7.46. The van der Waals surface area contributed by atoms with E-state index in [-0.39, 0.29) is 15.8 Å². The normalized spacial score (nSPS) is 17.3. The molecule has 0 spiro atoms. The zero-order valence-electron chi connectivity index (χ0n) is 15.7. The van der Waals surface area contributed by atoms with E-state index in [9.17, 15) is 13.2 Å². The minimum atomic E-state index is -3.70. The molecule has 2 rings (SSSR count). The number of carbonyl (C=O) groups is 1. The van der Waals surface area contributed by atoms with Gasteiger partial charge in [-0.3, -0.25) is 4.79 Å². The van der Waals surface area contributed by atoms with Crippen molar-refractivity contribution >= 4 is 27.5 Å². The van der Waals surface area contributed by atoms with Gasteiger partial charge in [0.15, 0.2) is 0 Å². The fourth-order valence-corrected chi connectivity index (χ4v) is 4.45. The van der Waals surface area contributed by atoms with E-state index in [0.717, 1.165) is 23.9 Å². The highest BCUT2D eigenvalue weighted by Gasteiger charge is 2.22. The Balaban J connectivity index is 1.99. The molecule has 0 aromatic heterocycles. The number of nitrogens with one attached hydrogen (secondary N) is 1. The minimum absolute atomic E-state index is 0.0572. The molecule has 0 radical (unpaired) electrons. The highest BCUT2D eigenvalue weighted by Crippen LogP contribution is 2.24. The van der Waals surface area contributed by atoms with Gasteiger partial charge < -0.3 is 10.2 Å². The van der Waals surface area contributed by atoms with Gasteiger partial charge in [-0.25, -0.2) is 12.7 Å². The van der Waals surface area contributed by atoms with E-state index in [2.05, 4.69) is 17.1 Å². The summed E-state index contributed by atoms with van der Waals surface area (Å²) >= 11 is 6.02. The fraction of sp³-hybridized carbons (Fsp3) is 0.611. The molecule has 1 fully saturated rings. The predicted octanol–water partition coefficient (Wildman–Crippen LogP) is 2.44. The minimum Gasteiger partial charge on any atom is -0.352 e. The molecule has 8 heteroatoms. The van der Waals surface area contributed by atoms with Gasteiger partial charge in [0.2, 0.25) is 10.0 Å². The number of sulfonamides is 1. The second kappa shape index (κ2) is 9.17. The average molecular weight is 402 g/mol. The molecule has 1 atom stereocenters. The molecule has 6 nitrogen and oxygen atoms in total. The number of carbonyl (C=O) groups excluding carboxylic acids is 1. The van der Waals surface area contributed by atoms with E-state index >= 15 is 0 Å². The summed E-state index contributed by atoms with van der Waals surface area (Å²) in [5, 5.41) is 3.00. The van der Waals surface area contributed by atoms with Crippen molar-refractivity contribution in [2.24, 2.45) is 5.92 Å². The molecule has 1 aliphatic heterocycles. The van der Waals surface area contributed by atoms with Gasteiger partial charge in [-0.2, -0.15) is 0 Å². The summed E-state index contributed by atoms with van der Waals surface area (Å²) in [4.78, 5) is 14.8. The lowest BCUT2D eigenvalue weighted by molar-refractivity contribution is 0.0942. The third-order valence-electron chi connectivity index (χ3n) is 4.58. The highest BCUT2D eigenvalue weighted by molar-refractivity contribution is 7.89. The first-order valence-electron chi connectivity index (χ1n) is 8.94. The van der Waals surface area contributed by atoms with Crippen molar-refractivity contribution in [1.82, 2.24) is 14.5 Å². The van der Waals surface area contributed by atoms with Crippen molar-refractivity contribution in [3.05, 3.63) is 28.8 Å². The van der Waals surface area contributed by atoms with Crippen LogP contribution in [0.1, 0.15) is 36.5 Å². The van der Waals surface area contributed by atoms with Gasteiger partial charge in [-0.1, -0.05) is 24.9 Å². The number of piperidine rings is 1. The van der Waals surface area contributed by atoms with Crippen molar-refractivity contribution < 1.29 is 13.2 Å². The Bertz CT molecular complexity index is 731. The number of amides is 1. The lowest BCUT2D eigenvalue weighted by Crippen LogP contribution is -2.38. The van der Waals surface area contributed by atoms with Crippen molar-refractivity contribution in [2.75, 3.05) is 40.3 Å². The van der Waals surface area contributed by atoms with E-state index in [4.69, 9.17) is 11.6 Å². The van der Waals surface area contributed by atoms with Crippen molar-refractivity contribution in [3.8, 4) is 0 Å². The van der Waals surface area contributed by atoms with Gasteiger partial charge in [0.25, 0.3) is 5.91 Å². The summed E-state index contributed by atoms with van der Waals surface area (Å²) < 4.78 is 25.7. The highest BCUT2D eigenvalue weighted by atomic mass is 35.5. The molecule has 1 N–H and O–H groups in total. The Labute approximate surface area is 161 Å². The standard InChI is InChI=1S/C18H28ClN3O3S/c1-14(13-22-9-5-4-6-10-22)12-20-18(23)15-7-8-16(19)17(11-15)26(24,25)21(2)3/h7-8,11,14H,4-6,9-10,12-13H2,1-3H3,(H,20,23)/t14-/m1/s1. The third-order valence-corrected chi connectivity index (χ3v) is 6.88.